The second-order valence-electron chi connectivity index (χ2n) is 7.09. The Kier molecular flexibility index (Phi) is 5.19. The molecule has 0 aliphatic carbocycles. The minimum Gasteiger partial charge on any atom is -0.333 e. The molecule has 0 saturated carbocycles. The largest absolute Gasteiger partial charge is 0.333 e. The number of amides is 1. The summed E-state index contributed by atoms with van der Waals surface area (Å²) in [6.45, 7) is 4.32. The molecule has 148 valence electrons. The first-order valence-corrected chi connectivity index (χ1v) is 9.62. The molecule has 0 aliphatic heterocycles. The molecule has 2 heterocycles. The standard InChI is InChI=1S/C24H21N5O/c1-17-10-11-18(2)29(17)21-7-5-6-19(14-21)24(30)27-26-15-20-16-28(13-12-25)23-9-4-3-8-22(20)23/h3-11,14-16H,13H2,1-2H3,(H,27,30). The molecule has 0 spiro atoms. The molecule has 0 radical (unpaired) electrons. The van der Waals surface area contributed by atoms with Crippen molar-refractivity contribution in [3.8, 4) is 11.8 Å². The van der Waals surface area contributed by atoms with Crippen LogP contribution in [0.2, 0.25) is 0 Å². The predicted octanol–water partition coefficient (Wildman–Crippen LogP) is 4.34. The van der Waals surface area contributed by atoms with E-state index in [0.717, 1.165) is 33.5 Å². The molecule has 1 N–H and O–H groups in total. The summed E-state index contributed by atoms with van der Waals surface area (Å²) in [6.07, 6.45) is 3.47. The third-order valence-electron chi connectivity index (χ3n) is 5.07. The van der Waals surface area contributed by atoms with E-state index in [0.29, 0.717) is 5.56 Å². The molecule has 1 amide bonds. The summed E-state index contributed by atoms with van der Waals surface area (Å²) in [5, 5.41) is 14.1. The third-order valence-corrected chi connectivity index (χ3v) is 5.07. The van der Waals surface area contributed by atoms with Gasteiger partial charge in [-0.05, 0) is 50.2 Å². The van der Waals surface area contributed by atoms with Gasteiger partial charge in [0.25, 0.3) is 5.91 Å². The first-order valence-electron chi connectivity index (χ1n) is 9.62. The van der Waals surface area contributed by atoms with Gasteiger partial charge in [-0.15, -0.1) is 0 Å². The highest BCUT2D eigenvalue weighted by atomic mass is 16.2. The lowest BCUT2D eigenvalue weighted by atomic mass is 10.2. The Balaban J connectivity index is 1.55. The highest BCUT2D eigenvalue weighted by molar-refractivity contribution is 6.00. The lowest BCUT2D eigenvalue weighted by Crippen LogP contribution is -2.18. The van der Waals surface area contributed by atoms with E-state index in [-0.39, 0.29) is 12.5 Å². The molecule has 0 atom stereocenters. The van der Waals surface area contributed by atoms with Crippen LogP contribution in [0.25, 0.3) is 16.6 Å². The molecule has 0 saturated heterocycles. The van der Waals surface area contributed by atoms with E-state index in [1.54, 1.807) is 12.3 Å². The number of benzene rings is 2. The maximum absolute atomic E-state index is 12.6. The van der Waals surface area contributed by atoms with Gasteiger partial charge in [0.2, 0.25) is 0 Å². The van der Waals surface area contributed by atoms with Crippen molar-refractivity contribution in [1.29, 1.82) is 5.26 Å². The van der Waals surface area contributed by atoms with Crippen LogP contribution in [0.4, 0.5) is 0 Å². The number of aryl methyl sites for hydroxylation is 2. The highest BCUT2D eigenvalue weighted by Gasteiger charge is 2.09. The average molecular weight is 395 g/mol. The Bertz CT molecular complexity index is 1280. The average Bonchev–Trinajstić information content (AvgIpc) is 3.28. The fourth-order valence-corrected chi connectivity index (χ4v) is 3.67. The molecule has 0 bridgehead atoms. The molecule has 6 nitrogen and oxygen atoms in total. The summed E-state index contributed by atoms with van der Waals surface area (Å²) in [4.78, 5) is 12.6. The van der Waals surface area contributed by atoms with Crippen LogP contribution >= 0.6 is 0 Å². The Morgan fingerprint density at radius 3 is 2.63 bits per heavy atom. The first-order chi connectivity index (χ1) is 14.6. The van der Waals surface area contributed by atoms with Crippen molar-refractivity contribution in [2.24, 2.45) is 5.10 Å². The van der Waals surface area contributed by atoms with Crippen molar-refractivity contribution in [1.82, 2.24) is 14.6 Å². The molecular formula is C24H21N5O. The molecule has 6 heteroatoms. The van der Waals surface area contributed by atoms with Gasteiger partial charge in [0.15, 0.2) is 0 Å². The van der Waals surface area contributed by atoms with E-state index < -0.39 is 0 Å². The number of nitrogens with zero attached hydrogens (tertiary/aromatic N) is 4. The van der Waals surface area contributed by atoms with Crippen LogP contribution in [0.3, 0.4) is 0 Å². The van der Waals surface area contributed by atoms with Crippen molar-refractivity contribution in [3.63, 3.8) is 0 Å². The lowest BCUT2D eigenvalue weighted by molar-refractivity contribution is 0.0955. The molecular weight excluding hydrogens is 374 g/mol. The fraction of sp³-hybridized carbons (Fsp3) is 0.125. The molecule has 0 aliphatic rings. The van der Waals surface area contributed by atoms with Gasteiger partial charge in [-0.25, -0.2) is 5.43 Å². The number of para-hydroxylation sites is 1. The fourth-order valence-electron chi connectivity index (χ4n) is 3.67. The van der Waals surface area contributed by atoms with Gasteiger partial charge in [0, 0.05) is 45.3 Å². The minimum atomic E-state index is -0.281. The SMILES string of the molecule is Cc1ccc(C)n1-c1cccc(C(=O)NN=Cc2cn(CC#N)c3ccccc23)c1. The number of hydrogen-bond acceptors (Lipinski definition) is 3. The molecule has 0 fully saturated rings. The number of aromatic nitrogens is 2. The molecule has 4 aromatic rings. The third kappa shape index (κ3) is 3.61. The number of nitrogens with one attached hydrogen (secondary N) is 1. The minimum absolute atomic E-state index is 0.256. The van der Waals surface area contributed by atoms with Gasteiger partial charge < -0.3 is 9.13 Å². The summed E-state index contributed by atoms with van der Waals surface area (Å²) in [6, 6.07) is 21.5. The summed E-state index contributed by atoms with van der Waals surface area (Å²) >= 11 is 0. The smallest absolute Gasteiger partial charge is 0.271 e. The Morgan fingerprint density at radius 2 is 1.87 bits per heavy atom. The maximum atomic E-state index is 12.6. The van der Waals surface area contributed by atoms with Gasteiger partial charge in [-0.1, -0.05) is 24.3 Å². The van der Waals surface area contributed by atoms with E-state index in [1.807, 2.05) is 67.1 Å². The summed E-state index contributed by atoms with van der Waals surface area (Å²) in [7, 11) is 0. The van der Waals surface area contributed by atoms with Gasteiger partial charge in [-0.3, -0.25) is 4.79 Å². The Morgan fingerprint density at radius 1 is 1.10 bits per heavy atom. The van der Waals surface area contributed by atoms with Gasteiger partial charge >= 0.3 is 0 Å². The van der Waals surface area contributed by atoms with Crippen LogP contribution in [-0.4, -0.2) is 21.3 Å². The molecule has 0 unspecified atom stereocenters. The zero-order valence-corrected chi connectivity index (χ0v) is 16.8. The van der Waals surface area contributed by atoms with Crippen LogP contribution in [-0.2, 0) is 6.54 Å². The van der Waals surface area contributed by atoms with Gasteiger partial charge in [0.05, 0.1) is 12.3 Å². The van der Waals surface area contributed by atoms with E-state index in [2.05, 4.69) is 33.3 Å². The zero-order valence-electron chi connectivity index (χ0n) is 16.8. The molecule has 30 heavy (non-hydrogen) atoms. The number of rotatable bonds is 5. The van der Waals surface area contributed by atoms with E-state index in [4.69, 9.17) is 5.26 Å². The van der Waals surface area contributed by atoms with Crippen LogP contribution < -0.4 is 5.43 Å². The molecule has 2 aromatic carbocycles. The van der Waals surface area contributed by atoms with E-state index in [9.17, 15) is 4.79 Å². The quantitative estimate of drug-likeness (QED) is 0.403. The van der Waals surface area contributed by atoms with Crippen molar-refractivity contribution < 1.29 is 4.79 Å². The van der Waals surface area contributed by atoms with Crippen LogP contribution in [0.15, 0.2) is 72.0 Å². The molecule has 4 rings (SSSR count). The van der Waals surface area contributed by atoms with Gasteiger partial charge in [-0.2, -0.15) is 10.4 Å². The van der Waals surface area contributed by atoms with E-state index >= 15 is 0 Å². The van der Waals surface area contributed by atoms with Crippen molar-refractivity contribution in [2.45, 2.75) is 20.4 Å². The summed E-state index contributed by atoms with van der Waals surface area (Å²) < 4.78 is 3.97. The number of hydrogen-bond donors (Lipinski definition) is 1. The number of hydrazone groups is 1. The summed E-state index contributed by atoms with van der Waals surface area (Å²) in [5.74, 6) is -0.281. The monoisotopic (exact) mass is 395 g/mol. The predicted molar refractivity (Wildman–Crippen MR) is 118 cm³/mol. The van der Waals surface area contributed by atoms with Crippen LogP contribution in [0.5, 0.6) is 0 Å². The first kappa shape index (κ1) is 19.2. The maximum Gasteiger partial charge on any atom is 0.271 e. The highest BCUT2D eigenvalue weighted by Crippen LogP contribution is 2.20. The zero-order chi connectivity index (χ0) is 21.1. The normalized spacial score (nSPS) is 11.1. The number of nitriles is 1. The Hall–Kier alpha value is -4.11. The van der Waals surface area contributed by atoms with E-state index in [1.165, 1.54) is 0 Å². The van der Waals surface area contributed by atoms with Gasteiger partial charge in [0.1, 0.15) is 6.54 Å². The number of fused-ring (bicyclic) bond motifs is 1. The lowest BCUT2D eigenvalue weighted by Gasteiger charge is -2.10. The second-order valence-corrected chi connectivity index (χ2v) is 7.09. The van der Waals surface area contributed by atoms with Crippen LogP contribution in [0.1, 0.15) is 27.3 Å². The summed E-state index contributed by atoms with van der Waals surface area (Å²) in [5.41, 5.74) is 8.08. The van der Waals surface area contributed by atoms with Crippen molar-refractivity contribution in [3.05, 3.63) is 89.4 Å². The van der Waals surface area contributed by atoms with Crippen molar-refractivity contribution >= 4 is 23.0 Å². The number of carbonyl (C=O) groups excluding carboxylic acids is 1. The number of carbonyl (C=O) groups is 1. The van der Waals surface area contributed by atoms with Crippen LogP contribution in [0, 0.1) is 25.2 Å². The molecule has 2 aromatic heterocycles. The second kappa shape index (κ2) is 8.10. The van der Waals surface area contributed by atoms with Crippen molar-refractivity contribution in [2.75, 3.05) is 0 Å². The topological polar surface area (TPSA) is 75.1 Å². The Labute approximate surface area is 174 Å².